The summed E-state index contributed by atoms with van der Waals surface area (Å²) >= 11 is 0. The lowest BCUT2D eigenvalue weighted by atomic mass is 9.68. The normalized spacial score (nSPS) is 45.8. The van der Waals surface area contributed by atoms with Crippen LogP contribution in [0, 0.1) is 11.8 Å². The first-order valence-corrected chi connectivity index (χ1v) is 7.60. The van der Waals surface area contributed by atoms with Crippen LogP contribution in [0.1, 0.15) is 38.5 Å². The van der Waals surface area contributed by atoms with Crippen LogP contribution in [0.5, 0.6) is 0 Å². The van der Waals surface area contributed by atoms with E-state index in [9.17, 15) is 0 Å². The van der Waals surface area contributed by atoms with Crippen LogP contribution in [0.3, 0.4) is 0 Å². The van der Waals surface area contributed by atoms with Crippen LogP contribution in [-0.2, 0) is 0 Å². The van der Waals surface area contributed by atoms with E-state index < -0.39 is 0 Å². The topological polar surface area (TPSA) is 15.3 Å². The summed E-state index contributed by atoms with van der Waals surface area (Å²) in [6.45, 7) is 3.98. The van der Waals surface area contributed by atoms with Gasteiger partial charge in [0, 0.05) is 18.6 Å². The van der Waals surface area contributed by atoms with Crippen LogP contribution >= 0.6 is 0 Å². The van der Waals surface area contributed by atoms with Crippen molar-refractivity contribution in [2.45, 2.75) is 50.6 Å². The molecule has 1 aliphatic carbocycles. The van der Waals surface area contributed by atoms with E-state index in [1.54, 1.807) is 5.57 Å². The zero-order chi connectivity index (χ0) is 11.2. The van der Waals surface area contributed by atoms with Crippen molar-refractivity contribution in [1.29, 1.82) is 0 Å². The molecule has 2 heteroatoms. The Morgan fingerprint density at radius 3 is 3.24 bits per heavy atom. The van der Waals surface area contributed by atoms with Gasteiger partial charge in [0.15, 0.2) is 0 Å². The molecule has 3 saturated heterocycles. The second-order valence-electron chi connectivity index (χ2n) is 6.49. The van der Waals surface area contributed by atoms with Crippen molar-refractivity contribution in [2.24, 2.45) is 11.8 Å². The minimum Gasteiger partial charge on any atom is -0.310 e. The molecule has 94 valence electrons. The molecule has 0 radical (unpaired) electrons. The molecule has 2 nitrogen and oxygen atoms in total. The fourth-order valence-corrected chi connectivity index (χ4v) is 4.80. The van der Waals surface area contributed by atoms with Gasteiger partial charge in [-0.2, -0.15) is 0 Å². The zero-order valence-corrected chi connectivity index (χ0v) is 10.7. The van der Waals surface area contributed by atoms with Gasteiger partial charge in [-0.15, -0.1) is 0 Å². The van der Waals surface area contributed by atoms with E-state index >= 15 is 0 Å². The van der Waals surface area contributed by atoms with Crippen LogP contribution in [0.4, 0.5) is 0 Å². The standard InChI is InChI=1S/C15H24N2/c1-2-7-17-10-13-9-12(14(17)5-1)8-11-4-3-6-16-15(11)13/h8,12-16H,1-7,9-10H2/t12-,13+,14+,15+/m0/s1. The summed E-state index contributed by atoms with van der Waals surface area (Å²) in [6.07, 6.45) is 11.2. The highest BCUT2D eigenvalue weighted by molar-refractivity contribution is 5.23. The van der Waals surface area contributed by atoms with Crippen molar-refractivity contribution in [3.8, 4) is 0 Å². The van der Waals surface area contributed by atoms with E-state index in [-0.39, 0.29) is 0 Å². The van der Waals surface area contributed by atoms with Gasteiger partial charge in [-0.1, -0.05) is 18.1 Å². The Hall–Kier alpha value is -0.340. The highest BCUT2D eigenvalue weighted by Gasteiger charge is 2.43. The number of fused-ring (bicyclic) bond motifs is 6. The molecular weight excluding hydrogens is 208 g/mol. The lowest BCUT2D eigenvalue weighted by molar-refractivity contribution is 0.0271. The third kappa shape index (κ3) is 1.68. The molecule has 3 fully saturated rings. The Morgan fingerprint density at radius 1 is 1.24 bits per heavy atom. The Morgan fingerprint density at radius 2 is 2.24 bits per heavy atom. The molecule has 0 unspecified atom stereocenters. The lowest BCUT2D eigenvalue weighted by Crippen LogP contribution is -2.58. The van der Waals surface area contributed by atoms with E-state index in [0.29, 0.717) is 0 Å². The molecule has 2 bridgehead atoms. The molecule has 3 aliphatic heterocycles. The van der Waals surface area contributed by atoms with Crippen molar-refractivity contribution in [3.05, 3.63) is 11.6 Å². The number of piperidine rings is 3. The maximum atomic E-state index is 3.78. The van der Waals surface area contributed by atoms with Crippen LogP contribution < -0.4 is 5.32 Å². The molecule has 0 amide bonds. The Labute approximate surface area is 104 Å². The molecular formula is C15H24N2. The highest BCUT2D eigenvalue weighted by Crippen LogP contribution is 2.42. The second kappa shape index (κ2) is 4.10. The number of hydrogen-bond donors (Lipinski definition) is 1. The van der Waals surface area contributed by atoms with Gasteiger partial charge >= 0.3 is 0 Å². The predicted molar refractivity (Wildman–Crippen MR) is 69.9 cm³/mol. The minimum absolute atomic E-state index is 0.739. The average Bonchev–Trinajstić information content (AvgIpc) is 2.39. The predicted octanol–water partition coefficient (Wildman–Crippen LogP) is 2.17. The number of nitrogens with zero attached hydrogens (tertiary/aromatic N) is 1. The first-order chi connectivity index (χ1) is 8.42. The molecule has 4 atom stereocenters. The summed E-state index contributed by atoms with van der Waals surface area (Å²) in [5.74, 6) is 1.80. The van der Waals surface area contributed by atoms with Crippen molar-refractivity contribution in [2.75, 3.05) is 19.6 Å². The average molecular weight is 232 g/mol. The van der Waals surface area contributed by atoms with Crippen LogP contribution in [0.15, 0.2) is 11.6 Å². The third-order valence-corrected chi connectivity index (χ3v) is 5.51. The second-order valence-corrected chi connectivity index (χ2v) is 6.49. The van der Waals surface area contributed by atoms with Crippen molar-refractivity contribution >= 4 is 0 Å². The fourth-order valence-electron chi connectivity index (χ4n) is 4.80. The molecule has 0 spiro atoms. The van der Waals surface area contributed by atoms with Crippen molar-refractivity contribution in [3.63, 3.8) is 0 Å². The van der Waals surface area contributed by atoms with Gasteiger partial charge in [-0.3, -0.25) is 4.90 Å². The minimum atomic E-state index is 0.739. The van der Waals surface area contributed by atoms with Gasteiger partial charge in [0.2, 0.25) is 0 Å². The Kier molecular flexibility index (Phi) is 2.55. The first kappa shape index (κ1) is 10.6. The number of hydrogen-bond acceptors (Lipinski definition) is 2. The quantitative estimate of drug-likeness (QED) is 0.644. The third-order valence-electron chi connectivity index (χ3n) is 5.51. The largest absolute Gasteiger partial charge is 0.310 e. The SMILES string of the molecule is C1=C2CCCN[C@H]2[C@@H]2C[C@H]1[C@H]1CCCCN1C2. The van der Waals surface area contributed by atoms with Crippen LogP contribution in [-0.4, -0.2) is 36.6 Å². The highest BCUT2D eigenvalue weighted by atomic mass is 15.2. The van der Waals surface area contributed by atoms with Gasteiger partial charge < -0.3 is 5.32 Å². The van der Waals surface area contributed by atoms with E-state index in [2.05, 4.69) is 16.3 Å². The summed E-state index contributed by atoms with van der Waals surface area (Å²) in [5, 5.41) is 3.78. The molecule has 4 aliphatic rings. The summed E-state index contributed by atoms with van der Waals surface area (Å²) in [5.41, 5.74) is 1.77. The summed E-state index contributed by atoms with van der Waals surface area (Å²) in [7, 11) is 0. The zero-order valence-electron chi connectivity index (χ0n) is 10.7. The summed E-state index contributed by atoms with van der Waals surface area (Å²) in [6, 6.07) is 1.64. The van der Waals surface area contributed by atoms with Crippen molar-refractivity contribution < 1.29 is 0 Å². The van der Waals surface area contributed by atoms with Crippen LogP contribution in [0.25, 0.3) is 0 Å². The maximum Gasteiger partial charge on any atom is 0.0320 e. The molecule has 0 aromatic heterocycles. The molecule has 3 heterocycles. The maximum absolute atomic E-state index is 3.78. The molecule has 1 N–H and O–H groups in total. The number of rotatable bonds is 0. The monoisotopic (exact) mass is 232 g/mol. The van der Waals surface area contributed by atoms with Gasteiger partial charge in [0.25, 0.3) is 0 Å². The molecule has 4 rings (SSSR count). The van der Waals surface area contributed by atoms with E-state index in [0.717, 1.165) is 23.9 Å². The fraction of sp³-hybridized carbons (Fsp3) is 0.867. The summed E-state index contributed by atoms with van der Waals surface area (Å²) < 4.78 is 0. The Bertz CT molecular complexity index is 336. The Balaban J connectivity index is 1.64. The first-order valence-electron chi connectivity index (χ1n) is 7.60. The van der Waals surface area contributed by atoms with Gasteiger partial charge in [0.1, 0.15) is 0 Å². The number of nitrogens with one attached hydrogen (secondary N) is 1. The van der Waals surface area contributed by atoms with Crippen molar-refractivity contribution in [1.82, 2.24) is 10.2 Å². The van der Waals surface area contributed by atoms with Gasteiger partial charge in [-0.25, -0.2) is 0 Å². The van der Waals surface area contributed by atoms with Crippen LogP contribution in [0.2, 0.25) is 0 Å². The summed E-state index contributed by atoms with van der Waals surface area (Å²) in [4.78, 5) is 2.81. The van der Waals surface area contributed by atoms with E-state index in [1.807, 2.05) is 0 Å². The van der Waals surface area contributed by atoms with E-state index in [4.69, 9.17) is 0 Å². The van der Waals surface area contributed by atoms with E-state index in [1.165, 1.54) is 58.2 Å². The molecule has 17 heavy (non-hydrogen) atoms. The molecule has 0 aromatic carbocycles. The molecule has 0 aromatic rings. The van der Waals surface area contributed by atoms with Gasteiger partial charge in [0.05, 0.1) is 0 Å². The molecule has 0 saturated carbocycles. The van der Waals surface area contributed by atoms with Gasteiger partial charge in [-0.05, 0) is 57.0 Å². The smallest absolute Gasteiger partial charge is 0.0320 e. The lowest BCUT2D eigenvalue weighted by Gasteiger charge is -2.52.